The molecular formula is C9H12N2O3. The summed E-state index contributed by atoms with van der Waals surface area (Å²) in [4.78, 5) is 10.6. The molecule has 0 saturated heterocycles. The van der Waals surface area contributed by atoms with Gasteiger partial charge in [-0.1, -0.05) is 12.1 Å². The number of aliphatic carboxylic acids is 1. The molecule has 0 fully saturated rings. The van der Waals surface area contributed by atoms with Gasteiger partial charge >= 0.3 is 5.97 Å². The Morgan fingerprint density at radius 2 is 2.29 bits per heavy atom. The summed E-state index contributed by atoms with van der Waals surface area (Å²) in [6.45, 7) is 0. The molecule has 1 rings (SSSR count). The normalized spacial score (nSPS) is 12.4. The monoisotopic (exact) mass is 196 g/mol. The third-order valence-corrected chi connectivity index (χ3v) is 1.85. The molecule has 1 atom stereocenters. The minimum Gasteiger partial charge on any atom is -0.508 e. The Labute approximate surface area is 81.1 Å². The zero-order valence-electron chi connectivity index (χ0n) is 7.47. The molecule has 0 aliphatic rings. The van der Waals surface area contributed by atoms with E-state index in [4.69, 9.17) is 16.1 Å². The van der Waals surface area contributed by atoms with E-state index in [1.807, 2.05) is 0 Å². The summed E-state index contributed by atoms with van der Waals surface area (Å²) < 4.78 is 0. The minimum absolute atomic E-state index is 0.115. The number of phenolic OH excluding ortho intramolecular Hbond substituents is 1. The standard InChI is InChI=1S/C9H12N2O3/c10-11-8(9(13)14)5-6-2-1-3-7(12)4-6/h1-4,8,11-12H,5,10H2,(H,13,14). The molecule has 0 saturated carbocycles. The molecule has 0 amide bonds. The van der Waals surface area contributed by atoms with Gasteiger partial charge in [0.25, 0.3) is 0 Å². The van der Waals surface area contributed by atoms with Crippen molar-refractivity contribution in [3.63, 3.8) is 0 Å². The molecular weight excluding hydrogens is 184 g/mol. The number of aromatic hydroxyl groups is 1. The van der Waals surface area contributed by atoms with Gasteiger partial charge in [0.05, 0.1) is 0 Å². The van der Waals surface area contributed by atoms with Gasteiger partial charge in [-0.15, -0.1) is 0 Å². The number of carboxylic acid groups (broad SMARTS) is 1. The first-order valence-electron chi connectivity index (χ1n) is 4.10. The first kappa shape index (κ1) is 10.5. The number of nitrogens with one attached hydrogen (secondary N) is 1. The maximum Gasteiger partial charge on any atom is 0.322 e. The highest BCUT2D eigenvalue weighted by atomic mass is 16.4. The third kappa shape index (κ3) is 2.72. The van der Waals surface area contributed by atoms with Crippen molar-refractivity contribution in [1.82, 2.24) is 5.43 Å². The molecule has 0 aliphatic carbocycles. The van der Waals surface area contributed by atoms with Crippen LogP contribution in [0.4, 0.5) is 0 Å². The lowest BCUT2D eigenvalue weighted by Gasteiger charge is -2.10. The maximum absolute atomic E-state index is 10.6. The van der Waals surface area contributed by atoms with Gasteiger partial charge < -0.3 is 10.2 Å². The summed E-state index contributed by atoms with van der Waals surface area (Å²) in [6, 6.07) is 5.58. The zero-order chi connectivity index (χ0) is 10.6. The van der Waals surface area contributed by atoms with Crippen LogP contribution in [-0.4, -0.2) is 22.2 Å². The fraction of sp³-hybridized carbons (Fsp3) is 0.222. The number of nitrogens with two attached hydrogens (primary N) is 1. The molecule has 0 heterocycles. The number of carboxylic acids is 1. The lowest BCUT2D eigenvalue weighted by atomic mass is 10.1. The summed E-state index contributed by atoms with van der Waals surface area (Å²) in [5.74, 6) is 4.16. The van der Waals surface area contributed by atoms with Crippen LogP contribution in [0.3, 0.4) is 0 Å². The van der Waals surface area contributed by atoms with Crippen LogP contribution in [0.5, 0.6) is 5.75 Å². The number of benzene rings is 1. The van der Waals surface area contributed by atoms with Gasteiger partial charge in [-0.25, -0.2) is 5.43 Å². The van der Waals surface area contributed by atoms with Gasteiger partial charge in [0.1, 0.15) is 11.8 Å². The Morgan fingerprint density at radius 3 is 2.79 bits per heavy atom. The highest BCUT2D eigenvalue weighted by Crippen LogP contribution is 2.12. The molecule has 5 N–H and O–H groups in total. The van der Waals surface area contributed by atoms with Gasteiger partial charge in [-0.05, 0) is 24.1 Å². The summed E-state index contributed by atoms with van der Waals surface area (Å²) >= 11 is 0. The van der Waals surface area contributed by atoms with Gasteiger partial charge in [-0.2, -0.15) is 0 Å². The molecule has 0 aromatic heterocycles. The lowest BCUT2D eigenvalue weighted by Crippen LogP contribution is -2.42. The van der Waals surface area contributed by atoms with Crippen molar-refractivity contribution >= 4 is 5.97 Å². The van der Waals surface area contributed by atoms with Gasteiger partial charge in [0, 0.05) is 0 Å². The first-order valence-corrected chi connectivity index (χ1v) is 4.10. The fourth-order valence-electron chi connectivity index (χ4n) is 1.14. The van der Waals surface area contributed by atoms with Crippen LogP contribution in [0, 0.1) is 0 Å². The van der Waals surface area contributed by atoms with Crippen molar-refractivity contribution < 1.29 is 15.0 Å². The van der Waals surface area contributed by atoms with E-state index in [9.17, 15) is 4.79 Å². The summed E-state index contributed by atoms with van der Waals surface area (Å²) in [5.41, 5.74) is 2.91. The van der Waals surface area contributed by atoms with E-state index in [2.05, 4.69) is 5.43 Å². The second kappa shape index (κ2) is 4.59. The zero-order valence-corrected chi connectivity index (χ0v) is 7.47. The quantitative estimate of drug-likeness (QED) is 0.397. The van der Waals surface area contributed by atoms with Crippen LogP contribution in [0.25, 0.3) is 0 Å². The summed E-state index contributed by atoms with van der Waals surface area (Å²) in [5, 5.41) is 17.8. The molecule has 14 heavy (non-hydrogen) atoms. The average Bonchev–Trinajstić information content (AvgIpc) is 2.14. The van der Waals surface area contributed by atoms with Crippen molar-refractivity contribution in [3.05, 3.63) is 29.8 Å². The van der Waals surface area contributed by atoms with E-state index >= 15 is 0 Å². The summed E-state index contributed by atoms with van der Waals surface area (Å²) in [6.07, 6.45) is 0.236. The molecule has 5 nitrogen and oxygen atoms in total. The van der Waals surface area contributed by atoms with Gasteiger partial charge in [0.2, 0.25) is 0 Å². The number of hydrogen-bond donors (Lipinski definition) is 4. The van der Waals surface area contributed by atoms with E-state index in [1.54, 1.807) is 12.1 Å². The Morgan fingerprint density at radius 1 is 1.57 bits per heavy atom. The Kier molecular flexibility index (Phi) is 3.44. The molecule has 1 aromatic carbocycles. The number of rotatable bonds is 4. The second-order valence-corrected chi connectivity index (χ2v) is 2.93. The molecule has 0 bridgehead atoms. The van der Waals surface area contributed by atoms with Crippen LogP contribution in [0.2, 0.25) is 0 Å². The predicted octanol–water partition coefficient (Wildman–Crippen LogP) is -0.149. The lowest BCUT2D eigenvalue weighted by molar-refractivity contribution is -0.139. The Hall–Kier alpha value is -1.59. The number of hydrazine groups is 1. The molecule has 0 aliphatic heterocycles. The van der Waals surface area contributed by atoms with Crippen LogP contribution in [0.15, 0.2) is 24.3 Å². The van der Waals surface area contributed by atoms with E-state index in [-0.39, 0.29) is 12.2 Å². The summed E-state index contributed by atoms with van der Waals surface area (Å²) in [7, 11) is 0. The van der Waals surface area contributed by atoms with Crippen LogP contribution in [0.1, 0.15) is 5.56 Å². The molecule has 1 unspecified atom stereocenters. The predicted molar refractivity (Wildman–Crippen MR) is 50.6 cm³/mol. The smallest absolute Gasteiger partial charge is 0.322 e. The largest absolute Gasteiger partial charge is 0.508 e. The third-order valence-electron chi connectivity index (χ3n) is 1.85. The number of carbonyl (C=O) groups is 1. The van der Waals surface area contributed by atoms with E-state index < -0.39 is 12.0 Å². The van der Waals surface area contributed by atoms with Gasteiger partial charge in [0.15, 0.2) is 0 Å². The molecule has 76 valence electrons. The fourth-order valence-corrected chi connectivity index (χ4v) is 1.14. The SMILES string of the molecule is NNC(Cc1cccc(O)c1)C(=O)O. The Bertz CT molecular complexity index is 328. The molecule has 0 radical (unpaired) electrons. The van der Waals surface area contributed by atoms with Crippen molar-refractivity contribution in [1.29, 1.82) is 0 Å². The van der Waals surface area contributed by atoms with E-state index in [1.165, 1.54) is 12.1 Å². The maximum atomic E-state index is 10.6. The Balaban J connectivity index is 2.72. The average molecular weight is 196 g/mol. The van der Waals surface area contributed by atoms with E-state index in [0.717, 1.165) is 5.56 Å². The second-order valence-electron chi connectivity index (χ2n) is 2.93. The van der Waals surface area contributed by atoms with Crippen LogP contribution in [-0.2, 0) is 11.2 Å². The van der Waals surface area contributed by atoms with Crippen molar-refractivity contribution in [3.8, 4) is 5.75 Å². The van der Waals surface area contributed by atoms with Crippen molar-refractivity contribution in [2.24, 2.45) is 5.84 Å². The topological polar surface area (TPSA) is 95.6 Å². The number of phenols is 1. The molecule has 1 aromatic rings. The van der Waals surface area contributed by atoms with Crippen molar-refractivity contribution in [2.75, 3.05) is 0 Å². The first-order chi connectivity index (χ1) is 6.63. The molecule has 5 heteroatoms. The van der Waals surface area contributed by atoms with Gasteiger partial charge in [-0.3, -0.25) is 10.6 Å². The number of hydrogen-bond acceptors (Lipinski definition) is 4. The van der Waals surface area contributed by atoms with Crippen LogP contribution >= 0.6 is 0 Å². The highest BCUT2D eigenvalue weighted by Gasteiger charge is 2.15. The van der Waals surface area contributed by atoms with Crippen molar-refractivity contribution in [2.45, 2.75) is 12.5 Å². The van der Waals surface area contributed by atoms with Crippen LogP contribution < -0.4 is 11.3 Å². The minimum atomic E-state index is -1.02. The van der Waals surface area contributed by atoms with E-state index in [0.29, 0.717) is 0 Å². The molecule has 0 spiro atoms. The highest BCUT2D eigenvalue weighted by molar-refractivity contribution is 5.73.